The third-order valence-electron chi connectivity index (χ3n) is 8.31. The first-order valence-corrected chi connectivity index (χ1v) is 18.9. The van der Waals surface area contributed by atoms with Crippen molar-refractivity contribution >= 4 is 23.0 Å². The Hall–Kier alpha value is -6.07. The number of aryl methyl sites for hydroxylation is 6. The third kappa shape index (κ3) is 13.1. The zero-order chi connectivity index (χ0) is 39.9. The highest BCUT2D eigenvalue weighted by Crippen LogP contribution is 2.21. The largest absolute Gasteiger partial charge is 0.396 e. The lowest BCUT2D eigenvalue weighted by Gasteiger charge is -2.06. The normalized spacial score (nSPS) is 11.5. The van der Waals surface area contributed by atoms with Gasteiger partial charge in [-0.3, -0.25) is 29.7 Å². The van der Waals surface area contributed by atoms with Crippen LogP contribution in [0.3, 0.4) is 0 Å². The van der Waals surface area contributed by atoms with Crippen molar-refractivity contribution in [1.82, 2.24) is 29.9 Å². The van der Waals surface area contributed by atoms with E-state index in [1.807, 2.05) is 126 Å². The molecular weight excluding hydrogens is 724 g/mol. The van der Waals surface area contributed by atoms with Crippen molar-refractivity contribution in [3.63, 3.8) is 0 Å². The Labute approximate surface area is 333 Å². The molecule has 6 aromatic heterocycles. The molecule has 0 bridgehead atoms. The van der Waals surface area contributed by atoms with Crippen molar-refractivity contribution in [3.8, 4) is 22.8 Å². The summed E-state index contributed by atoms with van der Waals surface area (Å²) in [5.74, 6) is 0. The molecule has 1 N–H and O–H groups in total. The van der Waals surface area contributed by atoms with Gasteiger partial charge in [0.25, 0.3) is 0 Å². The molecule has 6 heterocycles. The average molecular weight is 771 g/mol. The molecule has 0 aliphatic carbocycles. The van der Waals surface area contributed by atoms with Crippen molar-refractivity contribution in [1.29, 1.82) is 0 Å². The molecule has 0 saturated heterocycles. The molecular formula is C44H47ClN8O3. The quantitative estimate of drug-likeness (QED) is 0.0658. The predicted molar refractivity (Wildman–Crippen MR) is 223 cm³/mol. The number of halogens is 1. The SMILES string of the molecule is C/C(=N\OCCCc1cccc(-c2cc(=O)cc(C)[nH]2)n1)c1cccc(C)n1.C/C(=N\OCCCc1cccc(-c2cc(Cl)cc(C)n2)n1)c1cccc(C)n1. The number of nitrogens with one attached hydrogen (secondary N) is 1. The van der Waals surface area contributed by atoms with E-state index in [2.05, 4.69) is 35.2 Å². The van der Waals surface area contributed by atoms with Gasteiger partial charge < -0.3 is 14.7 Å². The average Bonchev–Trinajstić information content (AvgIpc) is 3.17. The maximum absolute atomic E-state index is 11.7. The molecule has 0 aromatic carbocycles. The fraction of sp³-hybridized carbons (Fsp3) is 0.273. The zero-order valence-corrected chi connectivity index (χ0v) is 33.5. The first-order chi connectivity index (χ1) is 27.0. The van der Waals surface area contributed by atoms with Crippen molar-refractivity contribution in [3.05, 3.63) is 158 Å². The Kier molecular flexibility index (Phi) is 15.1. The highest BCUT2D eigenvalue weighted by Gasteiger charge is 2.07. The molecule has 6 aromatic rings. The minimum Gasteiger partial charge on any atom is -0.396 e. The van der Waals surface area contributed by atoms with Crippen molar-refractivity contribution < 1.29 is 9.68 Å². The van der Waals surface area contributed by atoms with Gasteiger partial charge in [0.05, 0.1) is 34.2 Å². The monoisotopic (exact) mass is 770 g/mol. The summed E-state index contributed by atoms with van der Waals surface area (Å²) >= 11 is 6.14. The highest BCUT2D eigenvalue weighted by atomic mass is 35.5. The highest BCUT2D eigenvalue weighted by molar-refractivity contribution is 6.30. The van der Waals surface area contributed by atoms with E-state index in [4.69, 9.17) is 26.3 Å². The molecule has 0 aliphatic heterocycles. The Morgan fingerprint density at radius 3 is 1.68 bits per heavy atom. The molecule has 12 heteroatoms. The number of hydrogen-bond acceptors (Lipinski definition) is 10. The van der Waals surface area contributed by atoms with Crippen molar-refractivity contribution in [2.24, 2.45) is 10.3 Å². The number of hydrogen-bond donors (Lipinski definition) is 1. The second-order valence-electron chi connectivity index (χ2n) is 13.3. The summed E-state index contributed by atoms with van der Waals surface area (Å²) in [4.78, 5) is 48.5. The first kappa shape index (κ1) is 41.1. The standard InChI is InChI=1S/C22H23ClN4O.C22H24N4O2/c1-15-7-4-10-20(24-15)17(3)27-28-12-6-9-19-8-5-11-21(26-19)22-14-18(23)13-16(2)25-22;1-15-7-4-10-20(23-15)17(3)26-28-12-6-9-18-8-5-11-21(25-18)22-14-19(27)13-16(2)24-22/h4-5,7-8,10-11,13-14H,6,9,12H2,1-3H3;4-5,7-8,10-11,13-14H,6,9,12H2,1-3H3,(H,24,27)/b27-17+;26-17+. The van der Waals surface area contributed by atoms with Crippen LogP contribution < -0.4 is 5.43 Å². The van der Waals surface area contributed by atoms with Crippen LogP contribution >= 0.6 is 11.6 Å². The number of pyridine rings is 6. The molecule has 0 fully saturated rings. The van der Waals surface area contributed by atoms with Crippen LogP contribution in [-0.4, -0.2) is 54.5 Å². The topological polar surface area (TPSA) is 140 Å². The lowest BCUT2D eigenvalue weighted by atomic mass is 10.2. The maximum atomic E-state index is 11.7. The molecule has 0 unspecified atom stereocenters. The zero-order valence-electron chi connectivity index (χ0n) is 32.7. The molecule has 0 atom stereocenters. The molecule has 288 valence electrons. The minimum absolute atomic E-state index is 0.0248. The second kappa shape index (κ2) is 20.6. The number of H-pyrrole nitrogens is 1. The number of aromatic amines is 1. The van der Waals surface area contributed by atoms with Crippen LogP contribution in [0.2, 0.25) is 5.02 Å². The van der Waals surface area contributed by atoms with Crippen LogP contribution in [0, 0.1) is 27.7 Å². The summed E-state index contributed by atoms with van der Waals surface area (Å²) in [6.07, 6.45) is 3.17. The second-order valence-corrected chi connectivity index (χ2v) is 13.7. The Balaban J connectivity index is 0.000000214. The van der Waals surface area contributed by atoms with Gasteiger partial charge in [-0.05, 0) is 128 Å². The number of rotatable bonds is 14. The number of nitrogens with zero attached hydrogens (tertiary/aromatic N) is 7. The molecule has 0 spiro atoms. The Morgan fingerprint density at radius 2 is 1.14 bits per heavy atom. The molecule has 6 rings (SSSR count). The van der Waals surface area contributed by atoms with E-state index in [1.165, 1.54) is 0 Å². The molecule has 0 amide bonds. The predicted octanol–water partition coefficient (Wildman–Crippen LogP) is 9.00. The van der Waals surface area contributed by atoms with Gasteiger partial charge in [-0.1, -0.05) is 46.2 Å². The minimum atomic E-state index is -0.0248. The van der Waals surface area contributed by atoms with E-state index in [0.717, 1.165) is 105 Å². The summed E-state index contributed by atoms with van der Waals surface area (Å²) in [5.41, 5.74) is 11.8. The van der Waals surface area contributed by atoms with Crippen molar-refractivity contribution in [2.75, 3.05) is 13.2 Å². The lowest BCUT2D eigenvalue weighted by Crippen LogP contribution is -2.04. The van der Waals surface area contributed by atoms with Crippen LogP contribution in [0.4, 0.5) is 0 Å². The lowest BCUT2D eigenvalue weighted by molar-refractivity contribution is 0.141. The van der Waals surface area contributed by atoms with Gasteiger partial charge >= 0.3 is 0 Å². The Bertz CT molecular complexity index is 2340. The maximum Gasteiger partial charge on any atom is 0.182 e. The molecule has 0 saturated carbocycles. The number of oxime groups is 2. The van der Waals surface area contributed by atoms with Gasteiger partial charge in [0.15, 0.2) is 5.43 Å². The van der Waals surface area contributed by atoms with E-state index in [-0.39, 0.29) is 5.43 Å². The van der Waals surface area contributed by atoms with Gasteiger partial charge in [-0.15, -0.1) is 0 Å². The van der Waals surface area contributed by atoms with E-state index in [0.29, 0.717) is 18.2 Å². The summed E-state index contributed by atoms with van der Waals surface area (Å²) in [6, 6.07) is 30.2. The van der Waals surface area contributed by atoms with Gasteiger partial charge in [-0.2, -0.15) is 0 Å². The van der Waals surface area contributed by atoms with E-state index < -0.39 is 0 Å². The summed E-state index contributed by atoms with van der Waals surface area (Å²) in [6.45, 7) is 12.5. The first-order valence-electron chi connectivity index (χ1n) is 18.5. The van der Waals surface area contributed by atoms with E-state index in [9.17, 15) is 4.79 Å². The smallest absolute Gasteiger partial charge is 0.182 e. The summed E-state index contributed by atoms with van der Waals surface area (Å²) < 4.78 is 0. The molecule has 11 nitrogen and oxygen atoms in total. The number of aromatic nitrogens is 6. The van der Waals surface area contributed by atoms with Crippen LogP contribution in [0.5, 0.6) is 0 Å². The molecule has 0 radical (unpaired) electrons. The van der Waals surface area contributed by atoms with Crippen LogP contribution in [0.25, 0.3) is 22.8 Å². The fourth-order valence-electron chi connectivity index (χ4n) is 5.61. The van der Waals surface area contributed by atoms with E-state index in [1.54, 1.807) is 12.1 Å². The van der Waals surface area contributed by atoms with E-state index >= 15 is 0 Å². The van der Waals surface area contributed by atoms with Crippen LogP contribution in [0.1, 0.15) is 72.2 Å². The van der Waals surface area contributed by atoms with Crippen LogP contribution in [-0.2, 0) is 22.5 Å². The summed E-state index contributed by atoms with van der Waals surface area (Å²) in [5, 5.41) is 8.97. The summed E-state index contributed by atoms with van der Waals surface area (Å²) in [7, 11) is 0. The molecule has 0 aliphatic rings. The third-order valence-corrected chi connectivity index (χ3v) is 8.52. The fourth-order valence-corrected chi connectivity index (χ4v) is 5.87. The van der Waals surface area contributed by atoms with Gasteiger partial charge in [0.2, 0.25) is 0 Å². The van der Waals surface area contributed by atoms with Gasteiger partial charge in [0, 0.05) is 51.3 Å². The van der Waals surface area contributed by atoms with Gasteiger partial charge in [0.1, 0.15) is 24.6 Å². The van der Waals surface area contributed by atoms with Crippen molar-refractivity contribution in [2.45, 2.75) is 67.2 Å². The Morgan fingerprint density at radius 1 is 0.607 bits per heavy atom. The van der Waals surface area contributed by atoms with Gasteiger partial charge in [-0.25, -0.2) is 0 Å². The van der Waals surface area contributed by atoms with Crippen LogP contribution in [0.15, 0.2) is 112 Å². The molecule has 56 heavy (non-hydrogen) atoms.